The van der Waals surface area contributed by atoms with E-state index < -0.39 is 29.9 Å². The predicted molar refractivity (Wildman–Crippen MR) is 120 cm³/mol. The molecule has 2 atom stereocenters. The van der Waals surface area contributed by atoms with E-state index in [0.717, 1.165) is 18.2 Å². The number of methoxy groups -OCH3 is 3. The lowest BCUT2D eigenvalue weighted by molar-refractivity contribution is 0.0940. The maximum Gasteiger partial charge on any atom is 0.414 e. The lowest BCUT2D eigenvalue weighted by Crippen LogP contribution is -2.47. The summed E-state index contributed by atoms with van der Waals surface area (Å²) in [5.74, 6) is -0.722. The number of fused-ring (bicyclic) bond motifs is 1. The van der Waals surface area contributed by atoms with Crippen molar-refractivity contribution < 1.29 is 37.3 Å². The Kier molecular flexibility index (Phi) is 7.80. The van der Waals surface area contributed by atoms with E-state index in [1.807, 2.05) is 6.92 Å². The van der Waals surface area contributed by atoms with Crippen molar-refractivity contribution in [3.8, 4) is 11.5 Å². The molecule has 0 saturated carbocycles. The summed E-state index contributed by atoms with van der Waals surface area (Å²) in [6, 6.07) is 5.42. The van der Waals surface area contributed by atoms with Crippen molar-refractivity contribution in [3.05, 3.63) is 53.1 Å². The summed E-state index contributed by atoms with van der Waals surface area (Å²) < 4.78 is 48.8. The van der Waals surface area contributed by atoms with E-state index in [1.54, 1.807) is 19.1 Å². The van der Waals surface area contributed by atoms with Crippen molar-refractivity contribution in [3.63, 3.8) is 0 Å². The molecule has 2 aromatic carbocycles. The second-order valence-corrected chi connectivity index (χ2v) is 7.81. The summed E-state index contributed by atoms with van der Waals surface area (Å²) in [5, 5.41) is 0. The number of ether oxygens (including phenoxy) is 4. The molecule has 10 heteroatoms. The van der Waals surface area contributed by atoms with Gasteiger partial charge in [-0.2, -0.15) is 0 Å². The second kappa shape index (κ2) is 10.6. The van der Waals surface area contributed by atoms with E-state index in [9.17, 15) is 18.4 Å². The average molecular weight is 478 g/mol. The largest absolute Gasteiger partial charge is 0.493 e. The fraction of sp³-hybridized carbons (Fsp3) is 0.417. The van der Waals surface area contributed by atoms with Crippen LogP contribution in [-0.2, 0) is 16.0 Å². The van der Waals surface area contributed by atoms with Gasteiger partial charge in [0.2, 0.25) is 0 Å². The van der Waals surface area contributed by atoms with Crippen molar-refractivity contribution in [1.29, 1.82) is 0 Å². The fourth-order valence-electron chi connectivity index (χ4n) is 4.24. The lowest BCUT2D eigenvalue weighted by Gasteiger charge is -2.42. The molecule has 34 heavy (non-hydrogen) atoms. The van der Waals surface area contributed by atoms with Crippen molar-refractivity contribution in [2.75, 3.05) is 32.8 Å². The van der Waals surface area contributed by atoms with Crippen LogP contribution in [0, 0.1) is 11.6 Å². The maximum absolute atomic E-state index is 13.8. The van der Waals surface area contributed by atoms with Gasteiger partial charge < -0.3 is 18.9 Å². The van der Waals surface area contributed by atoms with Gasteiger partial charge >= 0.3 is 12.2 Å². The topological polar surface area (TPSA) is 77.5 Å². The number of carbonyl (C=O) groups excluding carboxylic acids is 2. The minimum Gasteiger partial charge on any atom is -0.493 e. The first-order chi connectivity index (χ1) is 16.2. The molecule has 2 amide bonds. The van der Waals surface area contributed by atoms with Gasteiger partial charge in [-0.15, -0.1) is 0 Å². The lowest BCUT2D eigenvalue weighted by atomic mass is 9.90. The Bertz CT molecular complexity index is 1040. The van der Waals surface area contributed by atoms with Gasteiger partial charge in [0.1, 0.15) is 11.6 Å². The van der Waals surface area contributed by atoms with Crippen molar-refractivity contribution >= 4 is 17.9 Å². The minimum atomic E-state index is -0.753. The standard InChI is InChI=1S/C24H28F2N2O6/c1-6-34-24(30)28-14(2)7-19(18-11-21(31-3)22(32-4)12-20(18)28)27(23(29)33-5)13-15-8-16(25)10-17(26)9-15/h8-12,14,19H,6-7,13H2,1-5H3/t14-,19+/m0/s1. The van der Waals surface area contributed by atoms with E-state index in [-0.39, 0.29) is 24.8 Å². The monoisotopic (exact) mass is 478 g/mol. The van der Waals surface area contributed by atoms with E-state index >= 15 is 0 Å². The van der Waals surface area contributed by atoms with Gasteiger partial charge in [0, 0.05) is 30.3 Å². The Morgan fingerprint density at radius 2 is 1.65 bits per heavy atom. The van der Waals surface area contributed by atoms with Crippen LogP contribution in [0.4, 0.5) is 24.1 Å². The Hall–Kier alpha value is -3.56. The number of anilines is 1. The second-order valence-electron chi connectivity index (χ2n) is 7.81. The Morgan fingerprint density at radius 3 is 2.21 bits per heavy atom. The molecule has 0 aromatic heterocycles. The molecule has 1 aliphatic heterocycles. The number of hydrogen-bond donors (Lipinski definition) is 0. The fourth-order valence-corrected chi connectivity index (χ4v) is 4.24. The molecule has 3 rings (SSSR count). The smallest absolute Gasteiger partial charge is 0.414 e. The highest BCUT2D eigenvalue weighted by Crippen LogP contribution is 2.46. The number of nitrogens with zero attached hydrogens (tertiary/aromatic N) is 2. The summed E-state index contributed by atoms with van der Waals surface area (Å²) in [5.41, 5.74) is 1.30. The predicted octanol–water partition coefficient (Wildman–Crippen LogP) is 5.05. The molecule has 0 unspecified atom stereocenters. The van der Waals surface area contributed by atoms with E-state index in [2.05, 4.69) is 0 Å². The molecule has 2 aromatic rings. The summed E-state index contributed by atoms with van der Waals surface area (Å²) in [6.07, 6.45) is -0.917. The Labute approximate surface area is 196 Å². The zero-order valence-electron chi connectivity index (χ0n) is 19.8. The molecule has 8 nitrogen and oxygen atoms in total. The molecule has 0 N–H and O–H groups in total. The normalized spacial score (nSPS) is 17.0. The first-order valence-corrected chi connectivity index (χ1v) is 10.7. The van der Waals surface area contributed by atoms with Gasteiger partial charge in [0.15, 0.2) is 11.5 Å². The maximum atomic E-state index is 13.8. The third-order valence-corrected chi connectivity index (χ3v) is 5.68. The molecule has 0 fully saturated rings. The van der Waals surface area contributed by atoms with Crippen molar-refractivity contribution in [2.24, 2.45) is 0 Å². The first kappa shape index (κ1) is 25.1. The van der Waals surface area contributed by atoms with Crippen LogP contribution in [0.3, 0.4) is 0 Å². The summed E-state index contributed by atoms with van der Waals surface area (Å²) in [6.45, 7) is 3.60. The molecule has 0 saturated heterocycles. The minimum absolute atomic E-state index is 0.119. The van der Waals surface area contributed by atoms with Gasteiger partial charge in [-0.1, -0.05) is 0 Å². The molecule has 0 aliphatic carbocycles. The summed E-state index contributed by atoms with van der Waals surface area (Å²) in [4.78, 5) is 28.5. The summed E-state index contributed by atoms with van der Waals surface area (Å²) in [7, 11) is 4.18. The Morgan fingerprint density at radius 1 is 1.03 bits per heavy atom. The van der Waals surface area contributed by atoms with Crippen LogP contribution in [0.15, 0.2) is 30.3 Å². The van der Waals surface area contributed by atoms with Crippen LogP contribution in [0.5, 0.6) is 11.5 Å². The molecular weight excluding hydrogens is 450 g/mol. The number of hydrogen-bond acceptors (Lipinski definition) is 6. The average Bonchev–Trinajstić information content (AvgIpc) is 2.80. The van der Waals surface area contributed by atoms with Gasteiger partial charge in [0.25, 0.3) is 0 Å². The van der Waals surface area contributed by atoms with E-state index in [0.29, 0.717) is 29.2 Å². The number of amides is 2. The zero-order valence-corrected chi connectivity index (χ0v) is 19.8. The first-order valence-electron chi connectivity index (χ1n) is 10.7. The van der Waals surface area contributed by atoms with Crippen LogP contribution in [0.25, 0.3) is 0 Å². The number of benzene rings is 2. The highest BCUT2D eigenvalue weighted by Gasteiger charge is 2.40. The molecular formula is C24H28F2N2O6. The van der Waals surface area contributed by atoms with E-state index in [1.165, 1.54) is 31.1 Å². The third-order valence-electron chi connectivity index (χ3n) is 5.68. The van der Waals surface area contributed by atoms with Gasteiger partial charge in [-0.05, 0) is 44.0 Å². The number of rotatable bonds is 6. The van der Waals surface area contributed by atoms with Gasteiger partial charge in [-0.3, -0.25) is 9.80 Å². The molecule has 0 radical (unpaired) electrons. The van der Waals surface area contributed by atoms with Crippen molar-refractivity contribution in [2.45, 2.75) is 38.9 Å². The van der Waals surface area contributed by atoms with Crippen LogP contribution in [0.1, 0.15) is 37.4 Å². The Balaban J connectivity index is 2.15. The van der Waals surface area contributed by atoms with Crippen molar-refractivity contribution in [1.82, 2.24) is 4.90 Å². The molecule has 0 spiro atoms. The highest BCUT2D eigenvalue weighted by molar-refractivity contribution is 5.91. The highest BCUT2D eigenvalue weighted by atomic mass is 19.1. The molecule has 1 heterocycles. The third kappa shape index (κ3) is 5.00. The van der Waals surface area contributed by atoms with Crippen LogP contribution in [-0.4, -0.2) is 51.1 Å². The van der Waals surface area contributed by atoms with Gasteiger partial charge in [0.05, 0.1) is 39.7 Å². The molecule has 0 bridgehead atoms. The SMILES string of the molecule is CCOC(=O)N1c2cc(OC)c(OC)cc2[C@H](N(Cc2cc(F)cc(F)c2)C(=O)OC)C[C@@H]1C. The summed E-state index contributed by atoms with van der Waals surface area (Å²) >= 11 is 0. The molecule has 184 valence electrons. The van der Waals surface area contributed by atoms with Crippen LogP contribution >= 0.6 is 0 Å². The number of halogens is 2. The quantitative estimate of drug-likeness (QED) is 0.579. The molecule has 1 aliphatic rings. The van der Waals surface area contributed by atoms with Crippen LogP contribution < -0.4 is 14.4 Å². The van der Waals surface area contributed by atoms with Gasteiger partial charge in [-0.25, -0.2) is 18.4 Å². The zero-order chi connectivity index (χ0) is 25.0. The number of carbonyl (C=O) groups is 2. The van der Waals surface area contributed by atoms with E-state index in [4.69, 9.17) is 18.9 Å². The van der Waals surface area contributed by atoms with Crippen LogP contribution in [0.2, 0.25) is 0 Å².